The normalized spacial score (nSPS) is 11.5. The Morgan fingerprint density at radius 3 is 2.71 bits per heavy atom. The predicted octanol–water partition coefficient (Wildman–Crippen LogP) is 1.47. The largest absolute Gasteiger partial charge is 0.504 e. The average Bonchev–Trinajstić information content (AvgIpc) is 2.81. The van der Waals surface area contributed by atoms with E-state index >= 15 is 0 Å². The van der Waals surface area contributed by atoms with Crippen molar-refractivity contribution in [2.75, 3.05) is 6.54 Å². The maximum Gasteiger partial charge on any atom is 0.275 e. The first kappa shape index (κ1) is 17.0. The van der Waals surface area contributed by atoms with E-state index in [2.05, 4.69) is 10.4 Å². The third-order valence-electron chi connectivity index (χ3n) is 2.82. The minimum Gasteiger partial charge on any atom is -0.504 e. The first-order valence-corrected chi connectivity index (χ1v) is 6.45. The number of nitrogens with two attached hydrogens (primary N) is 1. The van der Waals surface area contributed by atoms with Gasteiger partial charge >= 0.3 is 0 Å². The molecule has 1 atom stereocenters. The number of amides is 1. The summed E-state index contributed by atoms with van der Waals surface area (Å²) < 4.78 is 1.47. The smallest absolute Gasteiger partial charge is 0.275 e. The van der Waals surface area contributed by atoms with Crippen molar-refractivity contribution in [1.82, 2.24) is 15.1 Å². The van der Waals surface area contributed by atoms with Crippen molar-refractivity contribution in [1.29, 1.82) is 0 Å². The van der Waals surface area contributed by atoms with E-state index in [4.69, 9.17) is 5.73 Å². The van der Waals surface area contributed by atoms with Crippen LogP contribution in [0.2, 0.25) is 0 Å². The predicted molar refractivity (Wildman–Crippen MR) is 83.1 cm³/mol. The summed E-state index contributed by atoms with van der Waals surface area (Å²) in [6, 6.07) is 9.29. The number of hydrogen-bond acceptors (Lipinski definition) is 4. The highest BCUT2D eigenvalue weighted by atomic mass is 35.5. The number of benzene rings is 1. The first-order chi connectivity index (χ1) is 9.58. The van der Waals surface area contributed by atoms with Gasteiger partial charge in [-0.2, -0.15) is 5.10 Å². The molecule has 6 nitrogen and oxygen atoms in total. The molecule has 1 unspecified atom stereocenters. The van der Waals surface area contributed by atoms with Crippen LogP contribution >= 0.6 is 12.4 Å². The van der Waals surface area contributed by atoms with Crippen LogP contribution in [0.1, 0.15) is 23.8 Å². The monoisotopic (exact) mass is 310 g/mol. The first-order valence-electron chi connectivity index (χ1n) is 6.45. The summed E-state index contributed by atoms with van der Waals surface area (Å²) in [5, 5.41) is 16.6. The number of nitrogens with zero attached hydrogens (tertiary/aromatic N) is 2. The number of carbonyl (C=O) groups excluding carboxylic acids is 1. The van der Waals surface area contributed by atoms with Crippen LogP contribution in [0.5, 0.6) is 5.75 Å². The van der Waals surface area contributed by atoms with Gasteiger partial charge in [0.05, 0.1) is 11.9 Å². The van der Waals surface area contributed by atoms with Gasteiger partial charge in [-0.15, -0.1) is 12.4 Å². The number of rotatable bonds is 5. The second kappa shape index (κ2) is 7.66. The van der Waals surface area contributed by atoms with Crippen molar-refractivity contribution in [3.05, 3.63) is 42.2 Å². The molecule has 0 saturated carbocycles. The lowest BCUT2D eigenvalue weighted by Crippen LogP contribution is -2.29. The van der Waals surface area contributed by atoms with Gasteiger partial charge in [0.1, 0.15) is 0 Å². The molecule has 0 fully saturated rings. The number of nitrogens with one attached hydrogen (secondary N) is 1. The quantitative estimate of drug-likeness (QED) is 0.779. The molecule has 1 aromatic carbocycles. The molecule has 1 aromatic heterocycles. The number of aromatic hydroxyl groups is 1. The maximum atomic E-state index is 11.9. The van der Waals surface area contributed by atoms with Crippen LogP contribution in [-0.4, -0.2) is 33.4 Å². The molecule has 1 heterocycles. The number of para-hydroxylation sites is 1. The molecule has 2 aromatic rings. The SMILES string of the molecule is CC(N)CCNC(=O)c1nn(-c2ccccc2)cc1O.Cl. The Morgan fingerprint density at radius 2 is 2.10 bits per heavy atom. The molecule has 114 valence electrons. The van der Waals surface area contributed by atoms with Crippen molar-refractivity contribution in [2.45, 2.75) is 19.4 Å². The number of carbonyl (C=O) groups is 1. The van der Waals surface area contributed by atoms with Gasteiger partial charge in [0.2, 0.25) is 0 Å². The second-order valence-electron chi connectivity index (χ2n) is 4.66. The zero-order valence-corrected chi connectivity index (χ0v) is 12.5. The molecule has 0 bridgehead atoms. The number of hydrogen-bond donors (Lipinski definition) is 3. The molecule has 0 aliphatic heterocycles. The Labute approximate surface area is 129 Å². The zero-order valence-electron chi connectivity index (χ0n) is 11.7. The molecule has 0 saturated heterocycles. The summed E-state index contributed by atoms with van der Waals surface area (Å²) in [5.41, 5.74) is 6.39. The van der Waals surface area contributed by atoms with Gasteiger partial charge in [-0.25, -0.2) is 4.68 Å². The van der Waals surface area contributed by atoms with Gasteiger partial charge in [-0.3, -0.25) is 4.79 Å². The van der Waals surface area contributed by atoms with Crippen LogP contribution in [0.4, 0.5) is 0 Å². The van der Waals surface area contributed by atoms with Crippen molar-refractivity contribution in [3.63, 3.8) is 0 Å². The molecular weight excluding hydrogens is 292 g/mol. The summed E-state index contributed by atoms with van der Waals surface area (Å²) >= 11 is 0. The highest BCUT2D eigenvalue weighted by Crippen LogP contribution is 2.17. The number of halogens is 1. The Kier molecular flexibility index (Phi) is 6.20. The lowest BCUT2D eigenvalue weighted by Gasteiger charge is -2.05. The Hall–Kier alpha value is -2.05. The van der Waals surface area contributed by atoms with Gasteiger partial charge in [0.15, 0.2) is 11.4 Å². The van der Waals surface area contributed by atoms with E-state index < -0.39 is 5.91 Å². The molecule has 4 N–H and O–H groups in total. The molecule has 0 radical (unpaired) electrons. The van der Waals surface area contributed by atoms with Crippen LogP contribution in [-0.2, 0) is 0 Å². The van der Waals surface area contributed by atoms with E-state index in [1.54, 1.807) is 0 Å². The standard InChI is InChI=1S/C14H18N4O2.ClH/c1-10(15)7-8-16-14(20)13-12(19)9-18(17-13)11-5-3-2-4-6-11;/h2-6,9-10,19H,7-8,15H2,1H3,(H,16,20);1H. The Balaban J connectivity index is 0.00000220. The molecule has 1 amide bonds. The molecule has 0 aliphatic carbocycles. The topological polar surface area (TPSA) is 93.2 Å². The third-order valence-corrected chi connectivity index (χ3v) is 2.82. The van der Waals surface area contributed by atoms with E-state index in [1.165, 1.54) is 10.9 Å². The summed E-state index contributed by atoms with van der Waals surface area (Å²) in [4.78, 5) is 11.9. The van der Waals surface area contributed by atoms with E-state index in [1.807, 2.05) is 37.3 Å². The van der Waals surface area contributed by atoms with Crippen LogP contribution in [0.25, 0.3) is 5.69 Å². The Morgan fingerprint density at radius 1 is 1.43 bits per heavy atom. The molecule has 2 rings (SSSR count). The van der Waals surface area contributed by atoms with Crippen molar-refractivity contribution in [3.8, 4) is 11.4 Å². The van der Waals surface area contributed by atoms with Crippen LogP contribution in [0.15, 0.2) is 36.5 Å². The van der Waals surface area contributed by atoms with Crippen LogP contribution in [0.3, 0.4) is 0 Å². The average molecular weight is 311 g/mol. The van der Waals surface area contributed by atoms with Crippen molar-refractivity contribution < 1.29 is 9.90 Å². The van der Waals surface area contributed by atoms with Gasteiger partial charge < -0.3 is 16.2 Å². The molecule has 21 heavy (non-hydrogen) atoms. The molecule has 0 aliphatic rings. The minimum atomic E-state index is -0.405. The summed E-state index contributed by atoms with van der Waals surface area (Å²) in [6.45, 7) is 2.32. The number of aromatic nitrogens is 2. The molecule has 0 spiro atoms. The van der Waals surface area contributed by atoms with Gasteiger partial charge in [0, 0.05) is 12.6 Å². The summed E-state index contributed by atoms with van der Waals surface area (Å²) in [6.07, 6.45) is 2.09. The van der Waals surface area contributed by atoms with E-state index in [0.29, 0.717) is 13.0 Å². The van der Waals surface area contributed by atoms with Crippen LogP contribution < -0.4 is 11.1 Å². The lowest BCUT2D eigenvalue weighted by molar-refractivity contribution is 0.0945. The fourth-order valence-corrected chi connectivity index (χ4v) is 1.74. The molecular formula is C14H19ClN4O2. The summed E-state index contributed by atoms with van der Waals surface area (Å²) in [7, 11) is 0. The second-order valence-corrected chi connectivity index (χ2v) is 4.66. The van der Waals surface area contributed by atoms with E-state index in [0.717, 1.165) is 5.69 Å². The van der Waals surface area contributed by atoms with Crippen LogP contribution in [0, 0.1) is 0 Å². The maximum absolute atomic E-state index is 11.9. The summed E-state index contributed by atoms with van der Waals surface area (Å²) in [5.74, 6) is -0.551. The van der Waals surface area contributed by atoms with Crippen molar-refractivity contribution >= 4 is 18.3 Å². The molecule has 7 heteroatoms. The third kappa shape index (κ3) is 4.47. The van der Waals surface area contributed by atoms with E-state index in [-0.39, 0.29) is 29.9 Å². The van der Waals surface area contributed by atoms with Gasteiger partial charge in [-0.05, 0) is 25.5 Å². The zero-order chi connectivity index (χ0) is 14.5. The van der Waals surface area contributed by atoms with Gasteiger partial charge in [-0.1, -0.05) is 18.2 Å². The minimum absolute atomic E-state index is 0. The Bertz CT molecular complexity index is 584. The van der Waals surface area contributed by atoms with Gasteiger partial charge in [0.25, 0.3) is 5.91 Å². The van der Waals surface area contributed by atoms with Crippen molar-refractivity contribution in [2.24, 2.45) is 5.73 Å². The highest BCUT2D eigenvalue weighted by Gasteiger charge is 2.16. The fourth-order valence-electron chi connectivity index (χ4n) is 1.74. The van der Waals surface area contributed by atoms with E-state index in [9.17, 15) is 9.90 Å². The fraction of sp³-hybridized carbons (Fsp3) is 0.286. The lowest BCUT2D eigenvalue weighted by atomic mass is 10.2. The highest BCUT2D eigenvalue weighted by molar-refractivity contribution is 5.94.